The van der Waals surface area contributed by atoms with E-state index in [0.29, 0.717) is 11.6 Å². The highest BCUT2D eigenvalue weighted by Gasteiger charge is 2.34. The first-order valence-electron chi connectivity index (χ1n) is 8.71. The molecule has 144 valence electrons. The first-order chi connectivity index (χ1) is 13.5. The second-order valence-electron chi connectivity index (χ2n) is 6.17. The molecule has 0 spiro atoms. The van der Waals surface area contributed by atoms with Gasteiger partial charge in [-0.05, 0) is 36.4 Å². The van der Waals surface area contributed by atoms with Crippen LogP contribution in [0.15, 0.2) is 48.5 Å². The number of benzene rings is 2. The van der Waals surface area contributed by atoms with Crippen LogP contribution in [0.2, 0.25) is 5.02 Å². The van der Waals surface area contributed by atoms with Crippen LogP contribution in [0.3, 0.4) is 0 Å². The number of halogens is 2. The van der Waals surface area contributed by atoms with Crippen molar-refractivity contribution in [1.29, 1.82) is 0 Å². The molecule has 2 aromatic rings. The van der Waals surface area contributed by atoms with Crippen LogP contribution in [0, 0.1) is 23.6 Å². The lowest BCUT2D eigenvalue weighted by atomic mass is 10.1. The molecule has 1 saturated heterocycles. The molecule has 1 unspecified atom stereocenters. The smallest absolute Gasteiger partial charge is 0.227 e. The van der Waals surface area contributed by atoms with Crippen LogP contribution in [0.25, 0.3) is 0 Å². The highest BCUT2D eigenvalue weighted by atomic mass is 35.5. The number of carbonyl (C=O) groups is 2. The third kappa shape index (κ3) is 5.02. The lowest BCUT2D eigenvalue weighted by Gasteiger charge is -2.16. The lowest BCUT2D eigenvalue weighted by Crippen LogP contribution is -2.33. The molecule has 1 aliphatic rings. The van der Waals surface area contributed by atoms with Gasteiger partial charge in [-0.1, -0.05) is 35.6 Å². The molecular formula is C21H18ClFN2O3. The van der Waals surface area contributed by atoms with Crippen molar-refractivity contribution in [1.82, 2.24) is 5.32 Å². The first kappa shape index (κ1) is 19.7. The average Bonchev–Trinajstić information content (AvgIpc) is 3.08. The number of ether oxygens (including phenoxy) is 1. The zero-order valence-corrected chi connectivity index (χ0v) is 15.7. The Labute approximate surface area is 167 Å². The summed E-state index contributed by atoms with van der Waals surface area (Å²) < 4.78 is 18.6. The van der Waals surface area contributed by atoms with Gasteiger partial charge >= 0.3 is 0 Å². The number of amides is 2. The Kier molecular flexibility index (Phi) is 6.51. The fourth-order valence-corrected chi connectivity index (χ4v) is 2.94. The van der Waals surface area contributed by atoms with E-state index in [1.54, 1.807) is 41.3 Å². The molecule has 2 amide bonds. The molecule has 28 heavy (non-hydrogen) atoms. The van der Waals surface area contributed by atoms with Gasteiger partial charge in [0.1, 0.15) is 6.61 Å². The van der Waals surface area contributed by atoms with Crippen LogP contribution in [-0.4, -0.2) is 31.5 Å². The fourth-order valence-electron chi connectivity index (χ4n) is 2.82. The number of para-hydroxylation sites is 1. The maximum absolute atomic E-state index is 13.4. The molecule has 1 N–H and O–H groups in total. The molecule has 0 bridgehead atoms. The van der Waals surface area contributed by atoms with Gasteiger partial charge in [0, 0.05) is 23.7 Å². The van der Waals surface area contributed by atoms with Gasteiger partial charge in [0.25, 0.3) is 0 Å². The summed E-state index contributed by atoms with van der Waals surface area (Å²) in [4.78, 5) is 26.0. The van der Waals surface area contributed by atoms with Crippen LogP contribution in [0.1, 0.15) is 6.42 Å². The van der Waals surface area contributed by atoms with Gasteiger partial charge in [-0.25, -0.2) is 4.39 Å². The third-order valence-corrected chi connectivity index (χ3v) is 4.50. The number of nitrogens with zero attached hydrogens (tertiary/aromatic N) is 1. The zero-order valence-electron chi connectivity index (χ0n) is 15.0. The number of rotatable bonds is 5. The van der Waals surface area contributed by atoms with Crippen molar-refractivity contribution < 1.29 is 18.7 Å². The first-order valence-corrected chi connectivity index (χ1v) is 9.09. The van der Waals surface area contributed by atoms with Crippen molar-refractivity contribution in [3.63, 3.8) is 0 Å². The van der Waals surface area contributed by atoms with E-state index in [1.807, 2.05) is 0 Å². The third-order valence-electron chi connectivity index (χ3n) is 4.25. The predicted octanol–water partition coefficient (Wildman–Crippen LogP) is 3.03. The molecule has 1 fully saturated rings. The van der Waals surface area contributed by atoms with Gasteiger partial charge in [0.15, 0.2) is 11.6 Å². The van der Waals surface area contributed by atoms with Crippen LogP contribution < -0.4 is 15.0 Å². The Bertz CT molecular complexity index is 921. The Hall–Kier alpha value is -3.04. The molecule has 2 aromatic carbocycles. The quantitative estimate of drug-likeness (QED) is 0.785. The van der Waals surface area contributed by atoms with Gasteiger partial charge in [0.2, 0.25) is 11.8 Å². The molecule has 0 saturated carbocycles. The van der Waals surface area contributed by atoms with E-state index in [0.717, 1.165) is 5.69 Å². The van der Waals surface area contributed by atoms with Gasteiger partial charge in [-0.15, -0.1) is 0 Å². The summed E-state index contributed by atoms with van der Waals surface area (Å²) in [6, 6.07) is 13.0. The maximum atomic E-state index is 13.4. The van der Waals surface area contributed by atoms with E-state index in [9.17, 15) is 14.0 Å². The number of anilines is 1. The highest BCUT2D eigenvalue weighted by Crippen LogP contribution is 2.26. The van der Waals surface area contributed by atoms with Crippen LogP contribution in [-0.2, 0) is 9.59 Å². The van der Waals surface area contributed by atoms with Gasteiger partial charge in [0.05, 0.1) is 12.5 Å². The molecule has 0 aliphatic carbocycles. The van der Waals surface area contributed by atoms with Gasteiger partial charge < -0.3 is 15.0 Å². The molecular weight excluding hydrogens is 383 g/mol. The van der Waals surface area contributed by atoms with E-state index in [4.69, 9.17) is 16.3 Å². The Balaban J connectivity index is 1.44. The lowest BCUT2D eigenvalue weighted by molar-refractivity contribution is -0.126. The SMILES string of the molecule is O=C(NCC#CCOc1ccccc1F)C1CC(=O)N(c2ccc(Cl)cc2)C1. The minimum Gasteiger partial charge on any atom is -0.478 e. The largest absolute Gasteiger partial charge is 0.478 e. The normalized spacial score (nSPS) is 15.7. The monoisotopic (exact) mass is 400 g/mol. The van der Waals surface area contributed by atoms with E-state index in [-0.39, 0.29) is 37.1 Å². The second kappa shape index (κ2) is 9.25. The molecule has 0 radical (unpaired) electrons. The molecule has 3 rings (SSSR count). The fraction of sp³-hybridized carbons (Fsp3) is 0.238. The Morgan fingerprint density at radius 3 is 2.71 bits per heavy atom. The summed E-state index contributed by atoms with van der Waals surface area (Å²) in [6.07, 6.45) is 0.151. The van der Waals surface area contributed by atoms with E-state index in [1.165, 1.54) is 12.1 Å². The number of hydrogen-bond donors (Lipinski definition) is 1. The second-order valence-corrected chi connectivity index (χ2v) is 6.61. The van der Waals surface area contributed by atoms with Gasteiger partial charge in [-0.2, -0.15) is 0 Å². The van der Waals surface area contributed by atoms with E-state index >= 15 is 0 Å². The number of nitrogens with one attached hydrogen (secondary N) is 1. The highest BCUT2D eigenvalue weighted by molar-refractivity contribution is 6.30. The molecule has 1 heterocycles. The summed E-state index contributed by atoms with van der Waals surface area (Å²) in [7, 11) is 0. The molecule has 0 aromatic heterocycles. The zero-order chi connectivity index (χ0) is 19.9. The van der Waals surface area contributed by atoms with Crippen molar-refractivity contribution in [3.8, 4) is 17.6 Å². The summed E-state index contributed by atoms with van der Waals surface area (Å²) in [5, 5.41) is 3.28. The van der Waals surface area contributed by atoms with E-state index < -0.39 is 11.7 Å². The van der Waals surface area contributed by atoms with Crippen LogP contribution >= 0.6 is 11.6 Å². The minimum atomic E-state index is -0.450. The molecule has 1 aliphatic heterocycles. The predicted molar refractivity (Wildman–Crippen MR) is 105 cm³/mol. The summed E-state index contributed by atoms with van der Waals surface area (Å²) in [6.45, 7) is 0.463. The van der Waals surface area contributed by atoms with Crippen molar-refractivity contribution in [3.05, 3.63) is 59.4 Å². The van der Waals surface area contributed by atoms with Crippen LogP contribution in [0.4, 0.5) is 10.1 Å². The summed E-state index contributed by atoms with van der Waals surface area (Å²) in [5.41, 5.74) is 0.717. The summed E-state index contributed by atoms with van der Waals surface area (Å²) in [5.74, 6) is 4.38. The van der Waals surface area contributed by atoms with Crippen molar-refractivity contribution in [2.24, 2.45) is 5.92 Å². The average molecular weight is 401 g/mol. The minimum absolute atomic E-state index is 0.0169. The van der Waals surface area contributed by atoms with Crippen molar-refractivity contribution in [2.45, 2.75) is 6.42 Å². The van der Waals surface area contributed by atoms with Gasteiger partial charge in [-0.3, -0.25) is 9.59 Å². The van der Waals surface area contributed by atoms with Crippen molar-refractivity contribution in [2.75, 3.05) is 24.6 Å². The number of hydrogen-bond acceptors (Lipinski definition) is 3. The topological polar surface area (TPSA) is 58.6 Å². The molecule has 1 atom stereocenters. The van der Waals surface area contributed by atoms with E-state index in [2.05, 4.69) is 17.2 Å². The Morgan fingerprint density at radius 2 is 1.96 bits per heavy atom. The maximum Gasteiger partial charge on any atom is 0.227 e. The standard InChI is InChI=1S/C21H18ClFN2O3/c22-16-7-9-17(10-8-16)25-14-15(13-20(25)26)21(27)24-11-3-4-12-28-19-6-2-1-5-18(19)23/h1-2,5-10,15H,11-14H2,(H,24,27). The van der Waals surface area contributed by atoms with Crippen molar-refractivity contribution >= 4 is 29.1 Å². The van der Waals surface area contributed by atoms with Crippen LogP contribution in [0.5, 0.6) is 5.75 Å². The number of carbonyl (C=O) groups excluding carboxylic acids is 2. The molecule has 5 nitrogen and oxygen atoms in total. The molecule has 7 heteroatoms. The Morgan fingerprint density at radius 1 is 1.21 bits per heavy atom. The summed E-state index contributed by atoms with van der Waals surface area (Å²) >= 11 is 5.86.